The summed E-state index contributed by atoms with van der Waals surface area (Å²) in [6.45, 7) is 5.13. The highest BCUT2D eigenvalue weighted by Crippen LogP contribution is 2.29. The number of carbonyl (C=O) groups is 2. The van der Waals surface area contributed by atoms with Gasteiger partial charge < -0.3 is 9.80 Å². The molecule has 0 radical (unpaired) electrons. The summed E-state index contributed by atoms with van der Waals surface area (Å²) in [5.41, 5.74) is 3.30. The van der Waals surface area contributed by atoms with Gasteiger partial charge in [0.05, 0.1) is 22.6 Å². The first-order chi connectivity index (χ1) is 21.7. The Balaban J connectivity index is 1.08. The number of amides is 2. The smallest absolute Gasteiger partial charge is 0.338 e. The summed E-state index contributed by atoms with van der Waals surface area (Å²) in [5.74, 6) is -0.308. The fourth-order valence-corrected chi connectivity index (χ4v) is 6.19. The van der Waals surface area contributed by atoms with Crippen LogP contribution in [-0.4, -0.2) is 81.8 Å². The molecule has 0 spiro atoms. The Bertz CT molecular complexity index is 1610. The van der Waals surface area contributed by atoms with Gasteiger partial charge in [0.25, 0.3) is 11.8 Å². The van der Waals surface area contributed by atoms with Crippen molar-refractivity contribution in [1.82, 2.24) is 24.7 Å². The number of piperidine rings is 1. The molecule has 0 N–H and O–H groups in total. The molecule has 2 fully saturated rings. The predicted molar refractivity (Wildman–Crippen MR) is 165 cm³/mol. The zero-order valence-electron chi connectivity index (χ0n) is 25.0. The molecule has 2 aliphatic heterocycles. The number of aryl methyl sites for hydroxylation is 1. The van der Waals surface area contributed by atoms with E-state index in [0.717, 1.165) is 54.5 Å². The molecule has 6 rings (SSSR count). The van der Waals surface area contributed by atoms with E-state index < -0.39 is 11.9 Å². The van der Waals surface area contributed by atoms with Gasteiger partial charge in [-0.15, -0.1) is 0 Å². The van der Waals surface area contributed by atoms with Gasteiger partial charge in [0.15, 0.2) is 0 Å². The number of hydrogen-bond donors (Lipinski definition) is 0. The Hall–Kier alpha value is -4.57. The third kappa shape index (κ3) is 6.76. The van der Waals surface area contributed by atoms with E-state index in [1.54, 1.807) is 4.90 Å². The minimum absolute atomic E-state index is 0.0210. The summed E-state index contributed by atoms with van der Waals surface area (Å²) in [6, 6.07) is 25.8. The zero-order chi connectivity index (χ0) is 31.6. The number of alkyl halides is 3. The van der Waals surface area contributed by atoms with Gasteiger partial charge in [0, 0.05) is 62.0 Å². The number of pyridine rings is 2. The first-order valence-electron chi connectivity index (χ1n) is 15.2. The Kier molecular flexibility index (Phi) is 8.67. The standard InChI is InChI=1S/C35H34F3N5O2/c1-24-29(12-13-32(39-24)35(36,37)38)34(45)42-16-14-28(15-17-42)41-18-20-43(21-19-41)33(44)27-22-30(25-8-4-2-5-9-25)40-31(23-27)26-10-6-3-7-11-26/h2-13,22-23,28H,14-21H2,1H3. The van der Waals surface area contributed by atoms with Gasteiger partial charge >= 0.3 is 6.18 Å². The second-order valence-corrected chi connectivity index (χ2v) is 11.5. The molecule has 45 heavy (non-hydrogen) atoms. The van der Waals surface area contributed by atoms with E-state index in [2.05, 4.69) is 9.88 Å². The lowest BCUT2D eigenvalue weighted by molar-refractivity contribution is -0.141. The molecule has 4 aromatic rings. The van der Waals surface area contributed by atoms with Crippen molar-refractivity contribution in [2.75, 3.05) is 39.3 Å². The highest BCUT2D eigenvalue weighted by Gasteiger charge is 2.34. The van der Waals surface area contributed by atoms with Crippen LogP contribution in [0.25, 0.3) is 22.5 Å². The average molecular weight is 614 g/mol. The number of aromatic nitrogens is 2. The zero-order valence-corrected chi connectivity index (χ0v) is 25.0. The van der Waals surface area contributed by atoms with Crippen molar-refractivity contribution >= 4 is 11.8 Å². The van der Waals surface area contributed by atoms with Crippen molar-refractivity contribution in [1.29, 1.82) is 0 Å². The maximum Gasteiger partial charge on any atom is 0.433 e. The quantitative estimate of drug-likeness (QED) is 0.268. The second-order valence-electron chi connectivity index (χ2n) is 11.5. The third-order valence-electron chi connectivity index (χ3n) is 8.69. The largest absolute Gasteiger partial charge is 0.433 e. The third-order valence-corrected chi connectivity index (χ3v) is 8.69. The van der Waals surface area contributed by atoms with Gasteiger partial charge in [-0.3, -0.25) is 14.5 Å². The molecule has 0 atom stereocenters. The van der Waals surface area contributed by atoms with Crippen molar-refractivity contribution in [2.45, 2.75) is 32.0 Å². The second kappa shape index (κ2) is 12.8. The SMILES string of the molecule is Cc1nc(C(F)(F)F)ccc1C(=O)N1CCC(N2CCN(C(=O)c3cc(-c4ccccc4)nc(-c4ccccc4)c3)CC2)CC1. The maximum atomic E-state index is 13.8. The summed E-state index contributed by atoms with van der Waals surface area (Å²) in [5, 5.41) is 0. The number of hydrogen-bond acceptors (Lipinski definition) is 5. The van der Waals surface area contributed by atoms with Crippen molar-refractivity contribution in [3.05, 3.63) is 107 Å². The number of benzene rings is 2. The monoisotopic (exact) mass is 613 g/mol. The van der Waals surface area contributed by atoms with Crippen LogP contribution in [0.15, 0.2) is 84.9 Å². The van der Waals surface area contributed by atoms with Crippen molar-refractivity contribution in [3.8, 4) is 22.5 Å². The van der Waals surface area contributed by atoms with E-state index >= 15 is 0 Å². The van der Waals surface area contributed by atoms with Crippen LogP contribution in [0, 0.1) is 6.92 Å². The van der Waals surface area contributed by atoms with Gasteiger partial charge in [0.1, 0.15) is 5.69 Å². The summed E-state index contributed by atoms with van der Waals surface area (Å²) < 4.78 is 39.0. The van der Waals surface area contributed by atoms with E-state index in [-0.39, 0.29) is 29.1 Å². The Labute approximate surface area is 260 Å². The lowest BCUT2D eigenvalue weighted by Gasteiger charge is -2.42. The molecule has 4 heterocycles. The van der Waals surface area contributed by atoms with E-state index in [4.69, 9.17) is 4.98 Å². The minimum Gasteiger partial charge on any atom is -0.338 e. The fourth-order valence-electron chi connectivity index (χ4n) is 6.19. The van der Waals surface area contributed by atoms with E-state index in [1.807, 2.05) is 77.7 Å². The molecular formula is C35H34F3N5O2. The topological polar surface area (TPSA) is 69.6 Å². The van der Waals surface area contributed by atoms with Crippen LogP contribution in [0.3, 0.4) is 0 Å². The summed E-state index contributed by atoms with van der Waals surface area (Å²) in [7, 11) is 0. The van der Waals surface area contributed by atoms with Gasteiger partial charge in [-0.25, -0.2) is 9.97 Å². The van der Waals surface area contributed by atoms with Crippen LogP contribution < -0.4 is 0 Å². The van der Waals surface area contributed by atoms with Crippen molar-refractivity contribution in [3.63, 3.8) is 0 Å². The number of rotatable bonds is 5. The molecule has 2 saturated heterocycles. The molecule has 2 aromatic carbocycles. The molecule has 2 amide bonds. The van der Waals surface area contributed by atoms with E-state index in [9.17, 15) is 22.8 Å². The first-order valence-corrected chi connectivity index (χ1v) is 15.2. The molecule has 7 nitrogen and oxygen atoms in total. The number of halogens is 3. The van der Waals surface area contributed by atoms with Crippen LogP contribution in [0.4, 0.5) is 13.2 Å². The van der Waals surface area contributed by atoms with Gasteiger partial charge in [-0.05, 0) is 44.0 Å². The van der Waals surface area contributed by atoms with Crippen LogP contribution in [0.5, 0.6) is 0 Å². The lowest BCUT2D eigenvalue weighted by Crippen LogP contribution is -2.54. The van der Waals surface area contributed by atoms with Gasteiger partial charge in [-0.2, -0.15) is 13.2 Å². The van der Waals surface area contributed by atoms with Gasteiger partial charge in [0.2, 0.25) is 0 Å². The maximum absolute atomic E-state index is 13.8. The summed E-state index contributed by atoms with van der Waals surface area (Å²) >= 11 is 0. The van der Waals surface area contributed by atoms with Crippen molar-refractivity contribution < 1.29 is 22.8 Å². The molecule has 0 aliphatic carbocycles. The average Bonchev–Trinajstić information content (AvgIpc) is 3.08. The highest BCUT2D eigenvalue weighted by atomic mass is 19.4. The lowest BCUT2D eigenvalue weighted by atomic mass is 10.0. The summed E-state index contributed by atoms with van der Waals surface area (Å²) in [4.78, 5) is 41.3. The number of likely N-dealkylation sites (tertiary alicyclic amines) is 1. The van der Waals surface area contributed by atoms with Crippen LogP contribution in [-0.2, 0) is 6.18 Å². The summed E-state index contributed by atoms with van der Waals surface area (Å²) in [6.07, 6.45) is -3.02. The Morgan fingerprint density at radius 1 is 0.689 bits per heavy atom. The molecule has 2 aliphatic rings. The molecular weight excluding hydrogens is 579 g/mol. The normalized spacial score (nSPS) is 16.5. The van der Waals surface area contributed by atoms with Crippen LogP contribution in [0.2, 0.25) is 0 Å². The first kappa shape index (κ1) is 30.5. The molecule has 2 aromatic heterocycles. The fraction of sp³-hybridized carbons (Fsp3) is 0.314. The molecule has 10 heteroatoms. The minimum atomic E-state index is -4.55. The molecule has 0 unspecified atom stereocenters. The number of piperazine rings is 1. The highest BCUT2D eigenvalue weighted by molar-refractivity contribution is 5.96. The Morgan fingerprint density at radius 3 is 1.73 bits per heavy atom. The van der Waals surface area contributed by atoms with E-state index in [1.165, 1.54) is 13.0 Å². The van der Waals surface area contributed by atoms with Gasteiger partial charge in [-0.1, -0.05) is 60.7 Å². The number of carbonyl (C=O) groups excluding carboxylic acids is 2. The Morgan fingerprint density at radius 2 is 1.22 bits per heavy atom. The predicted octanol–water partition coefficient (Wildman–Crippen LogP) is 6.20. The molecule has 0 saturated carbocycles. The molecule has 232 valence electrons. The molecule has 0 bridgehead atoms. The van der Waals surface area contributed by atoms with E-state index in [0.29, 0.717) is 31.7 Å². The van der Waals surface area contributed by atoms with Crippen LogP contribution in [0.1, 0.15) is 44.9 Å². The number of nitrogens with zero attached hydrogens (tertiary/aromatic N) is 5. The van der Waals surface area contributed by atoms with Crippen LogP contribution >= 0.6 is 0 Å². The van der Waals surface area contributed by atoms with Crippen molar-refractivity contribution in [2.24, 2.45) is 0 Å².